The lowest BCUT2D eigenvalue weighted by Crippen LogP contribution is -2.14. The van der Waals surface area contributed by atoms with Gasteiger partial charge in [-0.15, -0.1) is 21.5 Å². The van der Waals surface area contributed by atoms with Crippen molar-refractivity contribution in [2.45, 2.75) is 43.2 Å². The molecule has 1 amide bonds. The van der Waals surface area contributed by atoms with Gasteiger partial charge >= 0.3 is 0 Å². The van der Waals surface area contributed by atoms with Crippen molar-refractivity contribution in [2.24, 2.45) is 0 Å². The fourth-order valence-electron chi connectivity index (χ4n) is 2.67. The van der Waals surface area contributed by atoms with Gasteiger partial charge in [-0.2, -0.15) is 5.26 Å². The fraction of sp³-hybridized carbons (Fsp3) is 0.467. The minimum atomic E-state index is -0.155. The molecule has 118 valence electrons. The number of rotatable bonds is 5. The Labute approximate surface area is 141 Å². The molecule has 0 atom stereocenters. The molecule has 1 fully saturated rings. The Kier molecular flexibility index (Phi) is 3.83. The second kappa shape index (κ2) is 5.98. The monoisotopic (exact) mass is 346 g/mol. The second-order valence-corrected chi connectivity index (χ2v) is 7.72. The molecule has 0 saturated heterocycles. The Hall–Kier alpha value is -1.85. The summed E-state index contributed by atoms with van der Waals surface area (Å²) in [6.07, 6.45) is 5.25. The second-order valence-electron chi connectivity index (χ2n) is 5.69. The number of thiophene rings is 1. The molecule has 8 heteroatoms. The van der Waals surface area contributed by atoms with Gasteiger partial charge in [0.05, 0.1) is 11.3 Å². The standard InChI is InChI=1S/C15H14N4O2S2/c16-6-10-9-2-1-3-11(9)23-14(10)17-12(20)7-22-15-19-18-13(21-15)8-4-5-8/h8H,1-5,7H2,(H,17,20). The zero-order valence-electron chi connectivity index (χ0n) is 12.3. The predicted octanol–water partition coefficient (Wildman–Crippen LogP) is 3.10. The van der Waals surface area contributed by atoms with Crippen LogP contribution in [0.2, 0.25) is 0 Å². The van der Waals surface area contributed by atoms with Crippen LogP contribution in [-0.4, -0.2) is 21.9 Å². The number of nitriles is 1. The van der Waals surface area contributed by atoms with Crippen LogP contribution in [0.3, 0.4) is 0 Å². The third-order valence-electron chi connectivity index (χ3n) is 3.96. The van der Waals surface area contributed by atoms with Gasteiger partial charge in [-0.05, 0) is 37.7 Å². The number of thioether (sulfide) groups is 1. The van der Waals surface area contributed by atoms with E-state index < -0.39 is 0 Å². The third-order valence-corrected chi connectivity index (χ3v) is 5.99. The first-order chi connectivity index (χ1) is 11.2. The topological polar surface area (TPSA) is 91.8 Å². The van der Waals surface area contributed by atoms with Crippen molar-refractivity contribution < 1.29 is 9.21 Å². The number of hydrogen-bond acceptors (Lipinski definition) is 7. The Morgan fingerprint density at radius 3 is 3.09 bits per heavy atom. The van der Waals surface area contributed by atoms with E-state index in [2.05, 4.69) is 21.6 Å². The van der Waals surface area contributed by atoms with Gasteiger partial charge in [-0.25, -0.2) is 0 Å². The zero-order valence-corrected chi connectivity index (χ0v) is 13.9. The molecule has 2 heterocycles. The number of nitrogens with zero attached hydrogens (tertiary/aromatic N) is 3. The molecular formula is C15H14N4O2S2. The number of amides is 1. The van der Waals surface area contributed by atoms with Crippen LogP contribution in [0.1, 0.15) is 47.1 Å². The maximum Gasteiger partial charge on any atom is 0.277 e. The minimum absolute atomic E-state index is 0.155. The summed E-state index contributed by atoms with van der Waals surface area (Å²) in [5, 5.41) is 21.2. The number of hydrogen-bond donors (Lipinski definition) is 1. The van der Waals surface area contributed by atoms with E-state index in [-0.39, 0.29) is 11.7 Å². The lowest BCUT2D eigenvalue weighted by molar-refractivity contribution is -0.113. The molecule has 1 saturated carbocycles. The van der Waals surface area contributed by atoms with Gasteiger partial charge in [0.25, 0.3) is 5.22 Å². The van der Waals surface area contributed by atoms with Crippen LogP contribution in [0.4, 0.5) is 5.00 Å². The fourth-order valence-corrected chi connectivity index (χ4v) is 4.50. The summed E-state index contributed by atoms with van der Waals surface area (Å²) in [6, 6.07) is 2.23. The highest BCUT2D eigenvalue weighted by atomic mass is 32.2. The molecule has 0 aliphatic heterocycles. The van der Waals surface area contributed by atoms with Crippen molar-refractivity contribution >= 4 is 34.0 Å². The third kappa shape index (κ3) is 2.99. The summed E-state index contributed by atoms with van der Waals surface area (Å²) < 4.78 is 5.51. The quantitative estimate of drug-likeness (QED) is 0.836. The Balaban J connectivity index is 1.37. The van der Waals surface area contributed by atoms with Gasteiger partial charge < -0.3 is 9.73 Å². The average molecular weight is 346 g/mol. The van der Waals surface area contributed by atoms with E-state index in [1.54, 1.807) is 0 Å². The number of nitrogens with one attached hydrogen (secondary N) is 1. The minimum Gasteiger partial charge on any atom is -0.416 e. The molecule has 2 aromatic rings. The van der Waals surface area contributed by atoms with E-state index in [0.29, 0.717) is 27.6 Å². The molecule has 0 unspecified atom stereocenters. The van der Waals surface area contributed by atoms with Crippen molar-refractivity contribution in [2.75, 3.05) is 11.1 Å². The van der Waals surface area contributed by atoms with Crippen LogP contribution in [0.15, 0.2) is 9.64 Å². The van der Waals surface area contributed by atoms with E-state index in [1.807, 2.05) is 0 Å². The van der Waals surface area contributed by atoms with E-state index >= 15 is 0 Å². The van der Waals surface area contributed by atoms with Crippen molar-refractivity contribution in [1.29, 1.82) is 5.26 Å². The summed E-state index contributed by atoms with van der Waals surface area (Å²) in [5.74, 6) is 1.13. The molecule has 1 N–H and O–H groups in total. The number of carbonyl (C=O) groups excluding carboxylic acids is 1. The first-order valence-electron chi connectivity index (χ1n) is 7.55. The molecular weight excluding hydrogens is 332 g/mol. The van der Waals surface area contributed by atoms with Crippen LogP contribution < -0.4 is 5.32 Å². The average Bonchev–Trinajstić information content (AvgIpc) is 2.97. The Bertz CT molecular complexity index is 801. The summed E-state index contributed by atoms with van der Waals surface area (Å²) in [7, 11) is 0. The molecule has 0 aromatic carbocycles. The van der Waals surface area contributed by atoms with Crippen molar-refractivity contribution in [3.05, 3.63) is 21.9 Å². The smallest absolute Gasteiger partial charge is 0.277 e. The summed E-state index contributed by atoms with van der Waals surface area (Å²) in [4.78, 5) is 13.3. The lowest BCUT2D eigenvalue weighted by atomic mass is 10.1. The normalized spacial score (nSPS) is 16.1. The van der Waals surface area contributed by atoms with Crippen LogP contribution >= 0.6 is 23.1 Å². The van der Waals surface area contributed by atoms with Gasteiger partial charge in [-0.1, -0.05) is 11.8 Å². The van der Waals surface area contributed by atoms with Crippen molar-refractivity contribution in [3.8, 4) is 6.07 Å². The van der Waals surface area contributed by atoms with Crippen LogP contribution in [0.25, 0.3) is 0 Å². The van der Waals surface area contributed by atoms with Crippen LogP contribution in [-0.2, 0) is 17.6 Å². The first kappa shape index (κ1) is 14.7. The van der Waals surface area contributed by atoms with E-state index in [4.69, 9.17) is 4.42 Å². The molecule has 0 spiro atoms. The van der Waals surface area contributed by atoms with Gasteiger partial charge in [0.1, 0.15) is 11.1 Å². The number of aromatic nitrogens is 2. The van der Waals surface area contributed by atoms with Crippen LogP contribution in [0, 0.1) is 11.3 Å². The molecule has 0 bridgehead atoms. The number of carbonyl (C=O) groups is 1. The number of anilines is 1. The Morgan fingerprint density at radius 2 is 2.30 bits per heavy atom. The first-order valence-corrected chi connectivity index (χ1v) is 9.35. The van der Waals surface area contributed by atoms with Gasteiger partial charge in [0.2, 0.25) is 11.8 Å². The summed E-state index contributed by atoms with van der Waals surface area (Å²) >= 11 is 2.75. The molecule has 2 aliphatic rings. The van der Waals surface area contributed by atoms with Gasteiger partial charge in [-0.3, -0.25) is 4.79 Å². The maximum absolute atomic E-state index is 12.1. The number of fused-ring (bicyclic) bond motifs is 1. The Morgan fingerprint density at radius 1 is 1.43 bits per heavy atom. The van der Waals surface area contributed by atoms with E-state index in [1.165, 1.54) is 28.0 Å². The van der Waals surface area contributed by atoms with Crippen LogP contribution in [0.5, 0.6) is 0 Å². The zero-order chi connectivity index (χ0) is 15.8. The van der Waals surface area contributed by atoms with E-state index in [9.17, 15) is 10.1 Å². The van der Waals surface area contributed by atoms with Crippen molar-refractivity contribution in [1.82, 2.24) is 10.2 Å². The highest BCUT2D eigenvalue weighted by Crippen LogP contribution is 2.40. The van der Waals surface area contributed by atoms with Gasteiger partial charge in [0, 0.05) is 10.8 Å². The van der Waals surface area contributed by atoms with Gasteiger partial charge in [0.15, 0.2) is 0 Å². The molecule has 23 heavy (non-hydrogen) atoms. The summed E-state index contributed by atoms with van der Waals surface area (Å²) in [5.41, 5.74) is 1.75. The molecule has 2 aromatic heterocycles. The summed E-state index contributed by atoms with van der Waals surface area (Å²) in [6.45, 7) is 0. The predicted molar refractivity (Wildman–Crippen MR) is 86.7 cm³/mol. The van der Waals surface area contributed by atoms with Crippen molar-refractivity contribution in [3.63, 3.8) is 0 Å². The largest absolute Gasteiger partial charge is 0.416 e. The van der Waals surface area contributed by atoms with E-state index in [0.717, 1.165) is 37.7 Å². The number of aryl methyl sites for hydroxylation is 1. The SMILES string of the molecule is N#Cc1c(NC(=O)CSc2nnc(C3CC3)o2)sc2c1CCC2. The maximum atomic E-state index is 12.1. The molecule has 6 nitrogen and oxygen atoms in total. The molecule has 4 rings (SSSR count). The molecule has 0 radical (unpaired) electrons. The highest BCUT2D eigenvalue weighted by Gasteiger charge is 2.29. The highest BCUT2D eigenvalue weighted by molar-refractivity contribution is 7.99. The lowest BCUT2D eigenvalue weighted by Gasteiger charge is -2.02. The molecule has 2 aliphatic carbocycles.